The number of phenols is 1. The number of phenolic OH excluding ortho intramolecular Hbond substituents is 1. The maximum absolute atomic E-state index is 9.87. The second kappa shape index (κ2) is 5.19. The molecule has 3 heteroatoms. The number of aromatic hydroxyl groups is 1. The molecule has 0 aliphatic heterocycles. The summed E-state index contributed by atoms with van der Waals surface area (Å²) in [6.07, 6.45) is 0. The zero-order valence-corrected chi connectivity index (χ0v) is 12.0. The van der Waals surface area contributed by atoms with Gasteiger partial charge in [-0.1, -0.05) is 32.9 Å². The summed E-state index contributed by atoms with van der Waals surface area (Å²) in [4.78, 5) is 2.22. The Balaban J connectivity index is 2.70. The quantitative estimate of drug-likeness (QED) is 0.917. The highest BCUT2D eigenvalue weighted by molar-refractivity contribution is 9.10. The van der Waals surface area contributed by atoms with Crippen molar-refractivity contribution in [3.05, 3.63) is 28.2 Å². The lowest BCUT2D eigenvalue weighted by molar-refractivity contribution is 0.219. The molecule has 0 radical (unpaired) electrons. The molecule has 1 aromatic carbocycles. The van der Waals surface area contributed by atoms with Crippen molar-refractivity contribution in [3.8, 4) is 5.75 Å². The Bertz CT molecular complexity index is 357. The van der Waals surface area contributed by atoms with Gasteiger partial charge in [-0.15, -0.1) is 0 Å². The van der Waals surface area contributed by atoms with E-state index >= 15 is 0 Å². The molecule has 0 fully saturated rings. The number of nitrogens with zero attached hydrogens (tertiary/aromatic N) is 1. The summed E-state index contributed by atoms with van der Waals surface area (Å²) in [5.41, 5.74) is 1.23. The summed E-state index contributed by atoms with van der Waals surface area (Å²) in [7, 11) is 2.07. The normalized spacial score (nSPS) is 12.1. The highest BCUT2D eigenvalue weighted by Gasteiger charge is 2.15. The number of rotatable bonds is 3. The average Bonchev–Trinajstić information content (AvgIpc) is 2.09. The van der Waals surface area contributed by atoms with Crippen LogP contribution in [0.4, 0.5) is 0 Å². The fraction of sp³-hybridized carbons (Fsp3) is 0.538. The minimum absolute atomic E-state index is 0.274. The highest BCUT2D eigenvalue weighted by atomic mass is 79.9. The van der Waals surface area contributed by atoms with Crippen LogP contribution in [0.1, 0.15) is 26.3 Å². The van der Waals surface area contributed by atoms with Gasteiger partial charge in [0.1, 0.15) is 5.75 Å². The minimum Gasteiger partial charge on any atom is -0.506 e. The lowest BCUT2D eigenvalue weighted by Crippen LogP contribution is -2.28. The number of hydrogen-bond donors (Lipinski definition) is 1. The first-order chi connectivity index (χ1) is 7.29. The van der Waals surface area contributed by atoms with E-state index in [0.29, 0.717) is 5.75 Å². The van der Waals surface area contributed by atoms with E-state index in [-0.39, 0.29) is 5.41 Å². The standard InChI is InChI=1S/C13H20BrNO/c1-13(2,3)9-15(4)8-10-6-5-7-11(14)12(10)16/h5-7,16H,8-9H2,1-4H3. The fourth-order valence-corrected chi connectivity index (χ4v) is 2.25. The van der Waals surface area contributed by atoms with Crippen LogP contribution in [0.3, 0.4) is 0 Å². The number of para-hydroxylation sites is 1. The Labute approximate surface area is 106 Å². The SMILES string of the molecule is CN(Cc1cccc(Br)c1O)CC(C)(C)C. The van der Waals surface area contributed by atoms with Crippen molar-refractivity contribution in [2.24, 2.45) is 5.41 Å². The largest absolute Gasteiger partial charge is 0.506 e. The third-order valence-electron chi connectivity index (χ3n) is 2.25. The van der Waals surface area contributed by atoms with Crippen molar-refractivity contribution in [3.63, 3.8) is 0 Å². The van der Waals surface area contributed by atoms with Crippen LogP contribution >= 0.6 is 15.9 Å². The molecule has 0 unspecified atom stereocenters. The molecule has 1 rings (SSSR count). The molecule has 0 saturated heterocycles. The lowest BCUT2D eigenvalue weighted by Gasteiger charge is -2.26. The first-order valence-electron chi connectivity index (χ1n) is 5.44. The summed E-state index contributed by atoms with van der Waals surface area (Å²) in [6.45, 7) is 8.40. The van der Waals surface area contributed by atoms with Crippen LogP contribution in [0.5, 0.6) is 5.75 Å². The van der Waals surface area contributed by atoms with Gasteiger partial charge in [0.2, 0.25) is 0 Å². The molecule has 0 aliphatic rings. The monoisotopic (exact) mass is 285 g/mol. The second-order valence-electron chi connectivity index (χ2n) is 5.48. The Kier molecular flexibility index (Phi) is 4.39. The van der Waals surface area contributed by atoms with Crippen LogP contribution in [0.2, 0.25) is 0 Å². The first-order valence-corrected chi connectivity index (χ1v) is 6.24. The number of halogens is 1. The third kappa shape index (κ3) is 4.14. The van der Waals surface area contributed by atoms with Crippen molar-refractivity contribution >= 4 is 15.9 Å². The van der Waals surface area contributed by atoms with Gasteiger partial charge in [-0.3, -0.25) is 0 Å². The molecule has 0 amide bonds. The zero-order valence-electron chi connectivity index (χ0n) is 10.4. The topological polar surface area (TPSA) is 23.5 Å². The predicted molar refractivity (Wildman–Crippen MR) is 71.6 cm³/mol. The van der Waals surface area contributed by atoms with Crippen LogP contribution in [0.15, 0.2) is 22.7 Å². The van der Waals surface area contributed by atoms with Crippen molar-refractivity contribution in [1.29, 1.82) is 0 Å². The van der Waals surface area contributed by atoms with Crippen molar-refractivity contribution in [1.82, 2.24) is 4.90 Å². The van der Waals surface area contributed by atoms with Crippen molar-refractivity contribution in [2.45, 2.75) is 27.3 Å². The van der Waals surface area contributed by atoms with Gasteiger partial charge in [0.25, 0.3) is 0 Å². The molecule has 1 N–H and O–H groups in total. The van der Waals surface area contributed by atoms with Gasteiger partial charge in [0.15, 0.2) is 0 Å². The Morgan fingerprint density at radius 3 is 2.50 bits per heavy atom. The molecule has 1 aromatic rings. The lowest BCUT2D eigenvalue weighted by atomic mass is 9.96. The molecule has 0 aromatic heterocycles. The predicted octanol–water partition coefficient (Wildman–Crippen LogP) is 3.63. The summed E-state index contributed by atoms with van der Waals surface area (Å²) in [6, 6.07) is 5.76. The van der Waals surface area contributed by atoms with Crippen LogP contribution in [0.25, 0.3) is 0 Å². The van der Waals surface area contributed by atoms with E-state index in [2.05, 4.69) is 48.6 Å². The van der Waals surface area contributed by atoms with Gasteiger partial charge in [-0.25, -0.2) is 0 Å². The maximum Gasteiger partial charge on any atom is 0.134 e. The second-order valence-corrected chi connectivity index (χ2v) is 6.33. The van der Waals surface area contributed by atoms with E-state index in [9.17, 15) is 5.11 Å². The molecule has 0 spiro atoms. The van der Waals surface area contributed by atoms with Crippen molar-refractivity contribution in [2.75, 3.05) is 13.6 Å². The summed E-state index contributed by atoms with van der Waals surface area (Å²) >= 11 is 3.33. The summed E-state index contributed by atoms with van der Waals surface area (Å²) in [5, 5.41) is 9.87. The van der Waals surface area contributed by atoms with Gasteiger partial charge in [-0.2, -0.15) is 0 Å². The van der Waals surface area contributed by atoms with E-state index in [1.54, 1.807) is 0 Å². The molecule has 0 aliphatic carbocycles. The average molecular weight is 286 g/mol. The molecule has 0 heterocycles. The van der Waals surface area contributed by atoms with E-state index in [0.717, 1.165) is 23.1 Å². The summed E-state index contributed by atoms with van der Waals surface area (Å²) in [5.74, 6) is 0.350. The van der Waals surface area contributed by atoms with Crippen LogP contribution < -0.4 is 0 Å². The van der Waals surface area contributed by atoms with Crippen molar-refractivity contribution < 1.29 is 5.11 Å². The van der Waals surface area contributed by atoms with E-state index in [4.69, 9.17) is 0 Å². The van der Waals surface area contributed by atoms with Crippen LogP contribution in [-0.4, -0.2) is 23.6 Å². The van der Waals surface area contributed by atoms with E-state index in [1.807, 2.05) is 18.2 Å². The molecule has 0 bridgehead atoms. The Hall–Kier alpha value is -0.540. The third-order valence-corrected chi connectivity index (χ3v) is 2.89. The maximum atomic E-state index is 9.87. The highest BCUT2D eigenvalue weighted by Crippen LogP contribution is 2.28. The number of hydrogen-bond acceptors (Lipinski definition) is 2. The van der Waals surface area contributed by atoms with E-state index in [1.165, 1.54) is 0 Å². The molecule has 16 heavy (non-hydrogen) atoms. The molecular weight excluding hydrogens is 266 g/mol. The molecule has 0 atom stereocenters. The minimum atomic E-state index is 0.274. The van der Waals surface area contributed by atoms with Gasteiger partial charge in [0, 0.05) is 18.7 Å². The molecule has 2 nitrogen and oxygen atoms in total. The molecule has 0 saturated carbocycles. The smallest absolute Gasteiger partial charge is 0.134 e. The zero-order chi connectivity index (χ0) is 12.3. The van der Waals surface area contributed by atoms with Crippen LogP contribution in [0, 0.1) is 5.41 Å². The molecular formula is C13H20BrNO. The van der Waals surface area contributed by atoms with Gasteiger partial charge in [-0.05, 0) is 34.5 Å². The van der Waals surface area contributed by atoms with Gasteiger partial charge < -0.3 is 10.0 Å². The summed E-state index contributed by atoms with van der Waals surface area (Å²) < 4.78 is 0.758. The molecule has 90 valence electrons. The Morgan fingerprint density at radius 1 is 1.31 bits per heavy atom. The van der Waals surface area contributed by atoms with Gasteiger partial charge in [0.05, 0.1) is 4.47 Å². The van der Waals surface area contributed by atoms with E-state index < -0.39 is 0 Å². The van der Waals surface area contributed by atoms with Gasteiger partial charge >= 0.3 is 0 Å². The fourth-order valence-electron chi connectivity index (χ4n) is 1.84. The Morgan fingerprint density at radius 2 is 1.94 bits per heavy atom. The number of benzene rings is 1. The van der Waals surface area contributed by atoms with Crippen LogP contribution in [-0.2, 0) is 6.54 Å². The first kappa shape index (κ1) is 13.5.